The lowest BCUT2D eigenvalue weighted by Crippen LogP contribution is -2.35. The molecule has 0 aromatic heterocycles. The second-order valence-electron chi connectivity index (χ2n) is 4.84. The van der Waals surface area contributed by atoms with Gasteiger partial charge in [-0.15, -0.1) is 0 Å². The Hall–Kier alpha value is -1.34. The molecule has 0 radical (unpaired) electrons. The van der Waals surface area contributed by atoms with Crippen LogP contribution in [0.2, 0.25) is 0 Å². The predicted molar refractivity (Wildman–Crippen MR) is 84.3 cm³/mol. The summed E-state index contributed by atoms with van der Waals surface area (Å²) < 4.78 is 16.1. The number of phenols is 1. The summed E-state index contributed by atoms with van der Waals surface area (Å²) in [6.07, 6.45) is -0.390. The van der Waals surface area contributed by atoms with Gasteiger partial charge in [-0.2, -0.15) is 0 Å². The van der Waals surface area contributed by atoms with E-state index >= 15 is 0 Å². The average molecular weight is 313 g/mol. The molecule has 126 valence electrons. The van der Waals surface area contributed by atoms with Crippen LogP contribution in [0, 0.1) is 6.92 Å². The maximum absolute atomic E-state index is 10.3. The molecular weight excluding hydrogens is 286 g/mol. The lowest BCUT2D eigenvalue weighted by molar-refractivity contribution is -0.134. The number of hydrogen-bond acceptors (Lipinski definition) is 6. The van der Waals surface area contributed by atoms with Crippen molar-refractivity contribution in [1.82, 2.24) is 5.32 Å². The van der Waals surface area contributed by atoms with Gasteiger partial charge in [-0.25, -0.2) is 0 Å². The summed E-state index contributed by atoms with van der Waals surface area (Å²) >= 11 is 0. The minimum atomic E-state index is -0.432. The molecule has 3 N–H and O–H groups in total. The van der Waals surface area contributed by atoms with Crippen molar-refractivity contribution in [2.75, 3.05) is 33.5 Å². The normalized spacial score (nSPS) is 12.6. The molecule has 0 aliphatic heterocycles. The van der Waals surface area contributed by atoms with Crippen LogP contribution in [0.4, 0.5) is 0 Å². The molecule has 0 heterocycles. The van der Waals surface area contributed by atoms with Crippen molar-refractivity contribution in [2.45, 2.75) is 33.1 Å². The number of rotatable bonds is 10. The number of aryl methyl sites for hydroxylation is 1. The number of ether oxygens (including phenoxy) is 3. The molecular formula is C16H27NO5. The molecule has 0 spiro atoms. The summed E-state index contributed by atoms with van der Waals surface area (Å²) in [4.78, 5) is 0. The minimum absolute atomic E-state index is 0.0402. The molecule has 0 saturated carbocycles. The summed E-state index contributed by atoms with van der Waals surface area (Å²) in [5, 5.41) is 23.1. The van der Waals surface area contributed by atoms with Crippen molar-refractivity contribution < 1.29 is 24.4 Å². The molecule has 1 unspecified atom stereocenters. The molecule has 0 saturated heterocycles. The third-order valence-corrected chi connectivity index (χ3v) is 3.36. The summed E-state index contributed by atoms with van der Waals surface area (Å²) in [5.41, 5.74) is 1.42. The molecule has 1 atom stereocenters. The van der Waals surface area contributed by atoms with Gasteiger partial charge >= 0.3 is 0 Å². The third kappa shape index (κ3) is 4.84. The van der Waals surface area contributed by atoms with Crippen LogP contribution < -0.4 is 10.1 Å². The van der Waals surface area contributed by atoms with Crippen LogP contribution in [-0.4, -0.2) is 50.0 Å². The molecule has 0 fully saturated rings. The van der Waals surface area contributed by atoms with Crippen LogP contribution in [0.15, 0.2) is 12.1 Å². The molecule has 0 aliphatic rings. The van der Waals surface area contributed by atoms with Crippen LogP contribution in [-0.2, 0) is 9.47 Å². The first-order valence-corrected chi connectivity index (χ1v) is 7.52. The van der Waals surface area contributed by atoms with Crippen molar-refractivity contribution in [1.29, 1.82) is 0 Å². The van der Waals surface area contributed by atoms with Crippen LogP contribution in [0.1, 0.15) is 31.0 Å². The van der Waals surface area contributed by atoms with E-state index in [9.17, 15) is 10.2 Å². The van der Waals surface area contributed by atoms with Crippen molar-refractivity contribution in [3.05, 3.63) is 23.3 Å². The van der Waals surface area contributed by atoms with E-state index in [1.165, 1.54) is 7.11 Å². The Balaban J connectivity index is 2.83. The molecule has 0 amide bonds. The van der Waals surface area contributed by atoms with E-state index in [0.29, 0.717) is 31.1 Å². The summed E-state index contributed by atoms with van der Waals surface area (Å²) in [6.45, 7) is 6.97. The van der Waals surface area contributed by atoms with Gasteiger partial charge in [0.1, 0.15) is 0 Å². The number of aliphatic hydroxyl groups excluding tert-OH is 1. The number of methoxy groups -OCH3 is 1. The maximum atomic E-state index is 10.3. The van der Waals surface area contributed by atoms with E-state index in [-0.39, 0.29) is 12.4 Å². The van der Waals surface area contributed by atoms with Gasteiger partial charge in [0.05, 0.1) is 19.8 Å². The topological polar surface area (TPSA) is 80.2 Å². The van der Waals surface area contributed by atoms with Crippen LogP contribution in [0.5, 0.6) is 11.5 Å². The zero-order valence-corrected chi connectivity index (χ0v) is 13.8. The van der Waals surface area contributed by atoms with Gasteiger partial charge in [-0.1, -0.05) is 12.1 Å². The van der Waals surface area contributed by atoms with E-state index in [0.717, 1.165) is 5.56 Å². The highest BCUT2D eigenvalue weighted by molar-refractivity contribution is 5.51. The summed E-state index contributed by atoms with van der Waals surface area (Å²) in [5.74, 6) is 0.460. The smallest absolute Gasteiger partial charge is 0.169 e. The van der Waals surface area contributed by atoms with Gasteiger partial charge in [0, 0.05) is 25.3 Å². The van der Waals surface area contributed by atoms with Gasteiger partial charge < -0.3 is 29.7 Å². The lowest BCUT2D eigenvalue weighted by Gasteiger charge is -2.23. The fraction of sp³-hybridized carbons (Fsp3) is 0.625. The standard InChI is InChI=1S/C16H27NO5/c1-5-21-14(22-6-2)9-17-13(10-18)12-8-7-11(3)16(20-4)15(12)19/h7-8,13-14,17-19H,5-6,9-10H2,1-4H3. The number of nitrogens with one attached hydrogen (secondary N) is 1. The highest BCUT2D eigenvalue weighted by Crippen LogP contribution is 2.36. The van der Waals surface area contributed by atoms with Crippen LogP contribution in [0.3, 0.4) is 0 Å². The number of benzene rings is 1. The first-order valence-electron chi connectivity index (χ1n) is 7.52. The van der Waals surface area contributed by atoms with Gasteiger partial charge in [0.2, 0.25) is 0 Å². The Kier molecular flexibility index (Phi) is 8.19. The van der Waals surface area contributed by atoms with E-state index in [2.05, 4.69) is 5.32 Å². The van der Waals surface area contributed by atoms with Gasteiger partial charge in [0.25, 0.3) is 0 Å². The van der Waals surface area contributed by atoms with Crippen molar-refractivity contribution in [2.24, 2.45) is 0 Å². The molecule has 1 rings (SSSR count). The molecule has 1 aromatic rings. The minimum Gasteiger partial charge on any atom is -0.504 e. The first kappa shape index (κ1) is 18.7. The Morgan fingerprint density at radius 1 is 1.18 bits per heavy atom. The largest absolute Gasteiger partial charge is 0.504 e. The number of aliphatic hydroxyl groups is 1. The van der Waals surface area contributed by atoms with Gasteiger partial charge in [-0.05, 0) is 26.3 Å². The van der Waals surface area contributed by atoms with E-state index in [1.807, 2.05) is 26.8 Å². The zero-order valence-electron chi connectivity index (χ0n) is 13.8. The second kappa shape index (κ2) is 9.63. The number of aromatic hydroxyl groups is 1. The molecule has 1 aromatic carbocycles. The van der Waals surface area contributed by atoms with Crippen LogP contribution in [0.25, 0.3) is 0 Å². The van der Waals surface area contributed by atoms with Crippen molar-refractivity contribution >= 4 is 0 Å². The molecule has 22 heavy (non-hydrogen) atoms. The molecule has 6 nitrogen and oxygen atoms in total. The zero-order chi connectivity index (χ0) is 16.5. The SMILES string of the molecule is CCOC(CNC(CO)c1ccc(C)c(OC)c1O)OCC. The quantitative estimate of drug-likeness (QED) is 0.571. The fourth-order valence-corrected chi connectivity index (χ4v) is 2.28. The summed E-state index contributed by atoms with van der Waals surface area (Å²) in [7, 11) is 1.51. The van der Waals surface area contributed by atoms with Gasteiger partial charge in [-0.3, -0.25) is 0 Å². The Labute approximate surface area is 132 Å². The second-order valence-corrected chi connectivity index (χ2v) is 4.84. The fourth-order valence-electron chi connectivity index (χ4n) is 2.28. The Bertz CT molecular complexity index is 446. The van der Waals surface area contributed by atoms with Crippen molar-refractivity contribution in [3.63, 3.8) is 0 Å². The summed E-state index contributed by atoms with van der Waals surface area (Å²) in [6, 6.07) is 3.19. The maximum Gasteiger partial charge on any atom is 0.169 e. The Morgan fingerprint density at radius 2 is 1.82 bits per heavy atom. The highest BCUT2D eigenvalue weighted by atomic mass is 16.7. The molecule has 6 heteroatoms. The van der Waals surface area contributed by atoms with E-state index < -0.39 is 12.3 Å². The van der Waals surface area contributed by atoms with E-state index in [1.54, 1.807) is 6.07 Å². The van der Waals surface area contributed by atoms with Crippen LogP contribution >= 0.6 is 0 Å². The van der Waals surface area contributed by atoms with Gasteiger partial charge in [0.15, 0.2) is 17.8 Å². The molecule has 0 bridgehead atoms. The van der Waals surface area contributed by atoms with Crippen molar-refractivity contribution in [3.8, 4) is 11.5 Å². The Morgan fingerprint density at radius 3 is 2.32 bits per heavy atom. The van der Waals surface area contributed by atoms with E-state index in [4.69, 9.17) is 14.2 Å². The monoisotopic (exact) mass is 313 g/mol. The first-order chi connectivity index (χ1) is 10.6. The average Bonchev–Trinajstić information content (AvgIpc) is 2.50. The number of hydrogen-bond donors (Lipinski definition) is 3. The third-order valence-electron chi connectivity index (χ3n) is 3.36. The lowest BCUT2D eigenvalue weighted by atomic mass is 10.0. The highest BCUT2D eigenvalue weighted by Gasteiger charge is 2.20. The number of phenolic OH excluding ortho intramolecular Hbond substituents is 1. The predicted octanol–water partition coefficient (Wildman–Crippen LogP) is 1.73. The molecule has 0 aliphatic carbocycles.